The Morgan fingerprint density at radius 2 is 1.68 bits per heavy atom. The van der Waals surface area contributed by atoms with Gasteiger partial charge in [0.15, 0.2) is 0 Å². The number of carbonyl (C=O) groups excluding carboxylic acids is 5. The van der Waals surface area contributed by atoms with E-state index in [4.69, 9.17) is 25.8 Å². The first kappa shape index (κ1) is 30.4. The van der Waals surface area contributed by atoms with Gasteiger partial charge in [0.05, 0.1) is 23.6 Å². The number of fused-ring (bicyclic) bond motifs is 1. The number of carbonyl (C=O) groups is 5. The Hall–Kier alpha value is -4.16. The van der Waals surface area contributed by atoms with Crippen LogP contribution in [0.4, 0.5) is 5.69 Å². The number of nitrogens with zero attached hydrogens (tertiary/aromatic N) is 2. The summed E-state index contributed by atoms with van der Waals surface area (Å²) in [6, 6.07) is 11.7. The second kappa shape index (κ2) is 14.8. The van der Waals surface area contributed by atoms with Crippen LogP contribution in [-0.4, -0.2) is 74.5 Å². The van der Waals surface area contributed by atoms with Crippen molar-refractivity contribution in [2.75, 3.05) is 44.9 Å². The molecule has 2 N–H and O–H groups in total. The molecule has 40 heavy (non-hydrogen) atoms. The van der Waals surface area contributed by atoms with Gasteiger partial charge in [-0.3, -0.25) is 39.7 Å². The minimum atomic E-state index is -0.476. The summed E-state index contributed by atoms with van der Waals surface area (Å²) < 4.78 is 15.2. The summed E-state index contributed by atoms with van der Waals surface area (Å²) in [6.45, 7) is 1.71. The van der Waals surface area contributed by atoms with Crippen LogP contribution in [0.25, 0.3) is 0 Å². The molecule has 12 nitrogen and oxygen atoms in total. The topological polar surface area (TPSA) is 144 Å². The Morgan fingerprint density at radius 3 is 2.38 bits per heavy atom. The molecule has 0 aliphatic carbocycles. The van der Waals surface area contributed by atoms with Gasteiger partial charge in [0.2, 0.25) is 17.7 Å². The molecular weight excluding hydrogens is 544 g/mol. The van der Waals surface area contributed by atoms with Crippen molar-refractivity contribution in [1.29, 1.82) is 0 Å². The molecule has 0 saturated carbocycles. The summed E-state index contributed by atoms with van der Waals surface area (Å²) in [6.07, 6.45) is 0.0368. The lowest BCUT2D eigenvalue weighted by atomic mass is 10.1. The molecule has 0 aromatic heterocycles. The van der Waals surface area contributed by atoms with Gasteiger partial charge in [-0.2, -0.15) is 0 Å². The van der Waals surface area contributed by atoms with Crippen LogP contribution in [0, 0.1) is 0 Å². The number of hydrazine groups is 1. The molecule has 1 aliphatic rings. The van der Waals surface area contributed by atoms with Gasteiger partial charge in [0.25, 0.3) is 5.91 Å². The summed E-state index contributed by atoms with van der Waals surface area (Å²) in [5, 5.41) is 0.130. The summed E-state index contributed by atoms with van der Waals surface area (Å²) in [5.74, 6) is -1.73. The monoisotopic (exact) mass is 574 g/mol. The number of anilines is 1. The lowest BCUT2D eigenvalue weighted by Crippen LogP contribution is -2.44. The normalized spacial score (nSPS) is 12.7. The van der Waals surface area contributed by atoms with E-state index in [-0.39, 0.29) is 68.8 Å². The van der Waals surface area contributed by atoms with Crippen LogP contribution in [0.5, 0.6) is 5.75 Å². The molecule has 0 atom stereocenters. The highest BCUT2D eigenvalue weighted by Crippen LogP contribution is 2.30. The van der Waals surface area contributed by atoms with E-state index in [9.17, 15) is 24.0 Å². The van der Waals surface area contributed by atoms with Gasteiger partial charge < -0.3 is 19.1 Å². The van der Waals surface area contributed by atoms with E-state index in [0.717, 1.165) is 5.56 Å². The summed E-state index contributed by atoms with van der Waals surface area (Å²) in [4.78, 5) is 64.4. The van der Waals surface area contributed by atoms with E-state index in [1.54, 1.807) is 30.3 Å². The fourth-order valence-electron chi connectivity index (χ4n) is 3.85. The number of amides is 4. The molecule has 0 unspecified atom stereocenters. The lowest BCUT2D eigenvalue weighted by Gasteiger charge is -2.23. The minimum absolute atomic E-state index is 0.0584. The van der Waals surface area contributed by atoms with Crippen molar-refractivity contribution in [3.8, 4) is 5.75 Å². The largest absolute Gasteiger partial charge is 0.490 e. The maximum absolute atomic E-state index is 13.6. The third kappa shape index (κ3) is 8.68. The number of methoxy groups -OCH3 is 1. The number of nitrogens with one attached hydrogen (secondary N) is 2. The first-order valence-corrected chi connectivity index (χ1v) is 12.9. The molecule has 0 bridgehead atoms. The zero-order chi connectivity index (χ0) is 29.1. The molecular formula is C27H31ClN4O8. The molecule has 214 valence electrons. The average Bonchev–Trinajstić information content (AvgIpc) is 3.07. The number of halogens is 1. The number of rotatable bonds is 11. The van der Waals surface area contributed by atoms with Crippen LogP contribution in [0.2, 0.25) is 5.02 Å². The molecule has 1 aliphatic heterocycles. The first-order chi connectivity index (χ1) is 19.2. The Morgan fingerprint density at radius 1 is 0.950 bits per heavy atom. The zero-order valence-corrected chi connectivity index (χ0v) is 23.0. The molecule has 0 fully saturated rings. The van der Waals surface area contributed by atoms with Crippen molar-refractivity contribution in [2.24, 2.45) is 0 Å². The van der Waals surface area contributed by atoms with Crippen LogP contribution in [0.15, 0.2) is 42.5 Å². The molecule has 0 saturated heterocycles. The number of hydrogen-bond donors (Lipinski definition) is 2. The van der Waals surface area contributed by atoms with Gasteiger partial charge in [0, 0.05) is 39.2 Å². The van der Waals surface area contributed by atoms with Crippen LogP contribution in [0.1, 0.15) is 35.7 Å². The Kier molecular flexibility index (Phi) is 11.3. The molecule has 13 heteroatoms. The molecule has 2 aromatic rings. The van der Waals surface area contributed by atoms with E-state index < -0.39 is 23.7 Å². The van der Waals surface area contributed by atoms with E-state index in [0.29, 0.717) is 11.4 Å². The minimum Gasteiger partial charge on any atom is -0.490 e. The highest BCUT2D eigenvalue weighted by atomic mass is 35.5. The molecule has 0 spiro atoms. The highest BCUT2D eigenvalue weighted by Gasteiger charge is 2.30. The Bertz CT molecular complexity index is 1250. The van der Waals surface area contributed by atoms with Crippen molar-refractivity contribution in [2.45, 2.75) is 26.3 Å². The van der Waals surface area contributed by atoms with Gasteiger partial charge in [-0.1, -0.05) is 29.8 Å². The highest BCUT2D eigenvalue weighted by molar-refractivity contribution is 6.34. The van der Waals surface area contributed by atoms with Crippen molar-refractivity contribution in [3.63, 3.8) is 0 Å². The van der Waals surface area contributed by atoms with Crippen LogP contribution in [-0.2, 0) is 35.2 Å². The fraction of sp³-hybridized carbons (Fsp3) is 0.370. The number of ether oxygens (including phenoxy) is 3. The summed E-state index contributed by atoms with van der Waals surface area (Å²) in [5.41, 5.74) is 6.06. The average molecular weight is 575 g/mol. The third-order valence-electron chi connectivity index (χ3n) is 5.85. The Labute approximate surface area is 236 Å². The SMILES string of the molecule is COCCC(=O)NNC(=O)CCN1Cc2ccccc2N(C(=O)c2ccc(OCCOC(C)=O)cc2Cl)CC1=O. The van der Waals surface area contributed by atoms with E-state index in [1.165, 1.54) is 36.0 Å². The second-order valence-corrected chi connectivity index (χ2v) is 9.16. The molecule has 0 radical (unpaired) electrons. The van der Waals surface area contributed by atoms with Crippen molar-refractivity contribution < 1.29 is 38.2 Å². The van der Waals surface area contributed by atoms with Crippen molar-refractivity contribution >= 4 is 46.9 Å². The van der Waals surface area contributed by atoms with Gasteiger partial charge in [0.1, 0.15) is 25.5 Å². The molecule has 4 amide bonds. The number of benzene rings is 2. The quantitative estimate of drug-likeness (QED) is 0.235. The predicted octanol–water partition coefficient (Wildman–Crippen LogP) is 1.84. The standard InChI is InChI=1S/C27H31ClN4O8/c1-18(33)39-13-14-40-20-7-8-21(22(28)15-20)27(37)32-17-26(36)31(16-19-5-3-4-6-23(19)32)11-9-24(34)29-30-25(35)10-12-38-2/h3-8,15H,9-14,16-17H2,1-2H3,(H,29,34)(H,30,35). The number of esters is 1. The fourth-order valence-corrected chi connectivity index (χ4v) is 4.10. The summed E-state index contributed by atoms with van der Waals surface area (Å²) in [7, 11) is 1.47. The van der Waals surface area contributed by atoms with E-state index >= 15 is 0 Å². The van der Waals surface area contributed by atoms with Gasteiger partial charge >= 0.3 is 5.97 Å². The summed E-state index contributed by atoms with van der Waals surface area (Å²) >= 11 is 6.41. The zero-order valence-electron chi connectivity index (χ0n) is 22.2. The lowest BCUT2D eigenvalue weighted by molar-refractivity contribution is -0.141. The van der Waals surface area contributed by atoms with Crippen molar-refractivity contribution in [1.82, 2.24) is 15.8 Å². The third-order valence-corrected chi connectivity index (χ3v) is 6.16. The van der Waals surface area contributed by atoms with Crippen LogP contribution in [0.3, 0.4) is 0 Å². The maximum atomic E-state index is 13.6. The smallest absolute Gasteiger partial charge is 0.302 e. The van der Waals surface area contributed by atoms with Gasteiger partial charge in [-0.25, -0.2) is 0 Å². The van der Waals surface area contributed by atoms with Crippen molar-refractivity contribution in [3.05, 3.63) is 58.6 Å². The predicted molar refractivity (Wildman–Crippen MR) is 145 cm³/mol. The molecule has 1 heterocycles. The number of hydrogen-bond acceptors (Lipinski definition) is 8. The molecule has 3 rings (SSSR count). The van der Waals surface area contributed by atoms with Gasteiger partial charge in [-0.15, -0.1) is 0 Å². The van der Waals surface area contributed by atoms with Gasteiger partial charge in [-0.05, 0) is 29.8 Å². The van der Waals surface area contributed by atoms with E-state index in [2.05, 4.69) is 10.9 Å². The second-order valence-electron chi connectivity index (χ2n) is 8.75. The number of para-hydroxylation sites is 1. The van der Waals surface area contributed by atoms with E-state index in [1.807, 2.05) is 0 Å². The van der Waals surface area contributed by atoms with Crippen LogP contribution < -0.4 is 20.5 Å². The maximum Gasteiger partial charge on any atom is 0.302 e. The first-order valence-electron chi connectivity index (χ1n) is 12.5. The van der Waals surface area contributed by atoms with Crippen LogP contribution >= 0.6 is 11.6 Å². The Balaban J connectivity index is 1.67. The molecule has 2 aromatic carbocycles.